The Kier molecular flexibility index (Phi) is 6.26. The number of rotatable bonds is 6. The van der Waals surface area contributed by atoms with Crippen molar-refractivity contribution in [3.63, 3.8) is 0 Å². The molecule has 31 heavy (non-hydrogen) atoms. The van der Waals surface area contributed by atoms with Gasteiger partial charge in [-0.1, -0.05) is 41.6 Å². The second-order valence-electron chi connectivity index (χ2n) is 8.04. The number of aliphatic hydroxyl groups is 1. The molecule has 1 unspecified atom stereocenters. The Labute approximate surface area is 181 Å². The molecule has 0 spiro atoms. The Balaban J connectivity index is 1.57. The van der Waals surface area contributed by atoms with Gasteiger partial charge in [-0.2, -0.15) is 0 Å². The highest BCUT2D eigenvalue weighted by Crippen LogP contribution is 2.34. The zero-order valence-corrected chi connectivity index (χ0v) is 17.5. The fourth-order valence-electron chi connectivity index (χ4n) is 4.42. The number of benzene rings is 1. The number of carbonyl (C=O) groups is 2. The van der Waals surface area contributed by atoms with Crippen molar-refractivity contribution in [2.24, 2.45) is 4.99 Å². The molecule has 2 aromatic rings. The van der Waals surface area contributed by atoms with Crippen LogP contribution in [0.25, 0.3) is 0 Å². The van der Waals surface area contributed by atoms with Crippen LogP contribution < -0.4 is 0 Å². The van der Waals surface area contributed by atoms with Crippen LogP contribution in [0.2, 0.25) is 0 Å². The first kappa shape index (κ1) is 21.0. The van der Waals surface area contributed by atoms with Crippen LogP contribution in [0, 0.1) is 0 Å². The summed E-state index contributed by atoms with van der Waals surface area (Å²) < 4.78 is 5.32. The Morgan fingerprint density at radius 3 is 2.77 bits per heavy atom. The van der Waals surface area contributed by atoms with Gasteiger partial charge in [-0.3, -0.25) is 14.6 Å². The summed E-state index contributed by atoms with van der Waals surface area (Å²) in [5.41, 5.74) is 3.12. The molecule has 1 heterocycles. The van der Waals surface area contributed by atoms with E-state index in [1.165, 1.54) is 0 Å². The summed E-state index contributed by atoms with van der Waals surface area (Å²) in [7, 11) is 0. The van der Waals surface area contributed by atoms with Crippen molar-refractivity contribution in [3.05, 3.63) is 76.9 Å². The molecule has 1 saturated carbocycles. The average molecular weight is 418 g/mol. The molecule has 1 N–H and O–H groups in total. The number of allylic oxidation sites excluding steroid dienone is 2. The van der Waals surface area contributed by atoms with Crippen molar-refractivity contribution in [1.82, 2.24) is 5.16 Å². The van der Waals surface area contributed by atoms with Crippen molar-refractivity contribution < 1.29 is 19.2 Å². The highest BCUT2D eigenvalue weighted by atomic mass is 16.5. The lowest BCUT2D eigenvalue weighted by atomic mass is 9.78. The quantitative estimate of drug-likeness (QED) is 0.417. The monoisotopic (exact) mass is 418 g/mol. The summed E-state index contributed by atoms with van der Waals surface area (Å²) >= 11 is 0. The van der Waals surface area contributed by atoms with E-state index in [0.29, 0.717) is 67.0 Å². The third-order valence-corrected chi connectivity index (χ3v) is 5.93. The molecule has 0 aliphatic heterocycles. The summed E-state index contributed by atoms with van der Waals surface area (Å²) in [4.78, 5) is 29.8. The van der Waals surface area contributed by atoms with Crippen LogP contribution in [0.4, 0.5) is 0 Å². The zero-order valence-electron chi connectivity index (χ0n) is 17.5. The van der Waals surface area contributed by atoms with Crippen molar-refractivity contribution in [3.8, 4) is 0 Å². The van der Waals surface area contributed by atoms with Gasteiger partial charge in [0.1, 0.15) is 11.5 Å². The molecule has 6 heteroatoms. The maximum atomic E-state index is 13.0. The van der Waals surface area contributed by atoms with Crippen molar-refractivity contribution in [2.45, 2.75) is 50.9 Å². The molecular formula is C25H26N2O4. The van der Waals surface area contributed by atoms with Gasteiger partial charge in [0.05, 0.1) is 23.4 Å². The highest BCUT2D eigenvalue weighted by Gasteiger charge is 2.32. The lowest BCUT2D eigenvalue weighted by molar-refractivity contribution is -0.116. The minimum Gasteiger partial charge on any atom is -0.511 e. The van der Waals surface area contributed by atoms with Gasteiger partial charge in [0.25, 0.3) is 0 Å². The number of hydrogen-bond donors (Lipinski definition) is 1. The van der Waals surface area contributed by atoms with Gasteiger partial charge >= 0.3 is 0 Å². The van der Waals surface area contributed by atoms with Gasteiger partial charge in [-0.25, -0.2) is 0 Å². The van der Waals surface area contributed by atoms with Crippen LogP contribution >= 0.6 is 0 Å². The van der Waals surface area contributed by atoms with E-state index in [1.807, 2.05) is 30.3 Å². The van der Waals surface area contributed by atoms with Crippen LogP contribution in [-0.2, 0) is 17.6 Å². The van der Waals surface area contributed by atoms with Gasteiger partial charge in [0.2, 0.25) is 0 Å². The van der Waals surface area contributed by atoms with E-state index < -0.39 is 0 Å². The summed E-state index contributed by atoms with van der Waals surface area (Å²) in [5, 5.41) is 14.9. The van der Waals surface area contributed by atoms with Crippen LogP contribution in [0.3, 0.4) is 0 Å². The second kappa shape index (κ2) is 9.25. The van der Waals surface area contributed by atoms with E-state index >= 15 is 0 Å². The predicted molar refractivity (Wildman–Crippen MR) is 118 cm³/mol. The van der Waals surface area contributed by atoms with Gasteiger partial charge in [-0.05, 0) is 24.3 Å². The van der Waals surface area contributed by atoms with Crippen LogP contribution in [0.15, 0.2) is 63.8 Å². The van der Waals surface area contributed by atoms with Gasteiger partial charge < -0.3 is 9.63 Å². The molecule has 2 aliphatic carbocycles. The number of aromatic nitrogens is 1. The molecule has 1 aromatic heterocycles. The minimum absolute atomic E-state index is 0.000618. The lowest BCUT2D eigenvalue weighted by Gasteiger charge is -2.26. The Morgan fingerprint density at radius 1 is 1.19 bits per heavy atom. The number of aliphatic hydroxyl groups excluding tert-OH is 1. The predicted octanol–water partition coefficient (Wildman–Crippen LogP) is 4.71. The maximum Gasteiger partial charge on any atom is 0.168 e. The van der Waals surface area contributed by atoms with E-state index in [2.05, 4.69) is 16.7 Å². The molecule has 0 amide bonds. The maximum absolute atomic E-state index is 13.0. The molecule has 1 atom stereocenters. The van der Waals surface area contributed by atoms with E-state index in [9.17, 15) is 14.7 Å². The van der Waals surface area contributed by atoms with Crippen molar-refractivity contribution >= 4 is 17.3 Å². The van der Waals surface area contributed by atoms with E-state index in [4.69, 9.17) is 4.52 Å². The second-order valence-corrected chi connectivity index (χ2v) is 8.04. The number of Topliss-reactive ketones (excluding diaryl/α,β-unsaturated/α-hetero) is 2. The fraction of sp³-hybridized carbons (Fsp3) is 0.360. The van der Waals surface area contributed by atoms with Crippen LogP contribution in [-0.4, -0.2) is 34.1 Å². The normalized spacial score (nSPS) is 21.8. The van der Waals surface area contributed by atoms with E-state index in [0.717, 1.165) is 12.0 Å². The molecule has 1 fully saturated rings. The Morgan fingerprint density at radius 2 is 2.00 bits per heavy atom. The summed E-state index contributed by atoms with van der Waals surface area (Å²) in [6.45, 7) is 4.09. The van der Waals surface area contributed by atoms with E-state index in [-0.39, 0.29) is 29.7 Å². The molecule has 0 saturated heterocycles. The summed E-state index contributed by atoms with van der Waals surface area (Å²) in [6.07, 6.45) is 5.10. The first-order valence-corrected chi connectivity index (χ1v) is 10.7. The van der Waals surface area contributed by atoms with Crippen molar-refractivity contribution in [2.75, 3.05) is 6.54 Å². The molecule has 160 valence electrons. The molecular weight excluding hydrogens is 392 g/mol. The van der Waals surface area contributed by atoms with Crippen LogP contribution in [0.1, 0.15) is 65.4 Å². The SMILES string of the molecule is C=CCN=C1CC(c2ccccc2)CC(=O)C1=C(O)CCc1noc2c1C(=O)CCC2. The fourth-order valence-corrected chi connectivity index (χ4v) is 4.42. The van der Waals surface area contributed by atoms with Gasteiger partial charge in [0, 0.05) is 37.8 Å². The third kappa shape index (κ3) is 4.43. The molecule has 0 bridgehead atoms. The third-order valence-electron chi connectivity index (χ3n) is 5.93. The lowest BCUT2D eigenvalue weighted by Crippen LogP contribution is -2.27. The zero-order chi connectivity index (χ0) is 21.8. The largest absolute Gasteiger partial charge is 0.511 e. The average Bonchev–Trinajstić information content (AvgIpc) is 3.20. The number of fused-ring (bicyclic) bond motifs is 1. The summed E-state index contributed by atoms with van der Waals surface area (Å²) in [5.74, 6) is 0.593. The number of aryl methyl sites for hydroxylation is 2. The van der Waals surface area contributed by atoms with Gasteiger partial charge in [-0.15, -0.1) is 6.58 Å². The Bertz CT molecular complexity index is 1060. The molecule has 6 nitrogen and oxygen atoms in total. The standard InChI is InChI=1S/C25H26N2O4/c1-2-13-26-19-14-17(16-7-4-3-5-8-16)15-22(30)24(19)21(29)12-11-18-25-20(28)9-6-10-23(25)31-27-18/h2-5,7-8,17,29H,1,6,9-15H2. The number of hydrogen-bond acceptors (Lipinski definition) is 6. The summed E-state index contributed by atoms with van der Waals surface area (Å²) in [6, 6.07) is 9.91. The number of nitrogens with zero attached hydrogens (tertiary/aromatic N) is 2. The highest BCUT2D eigenvalue weighted by molar-refractivity contribution is 6.24. The van der Waals surface area contributed by atoms with E-state index in [1.54, 1.807) is 6.08 Å². The van der Waals surface area contributed by atoms with Gasteiger partial charge in [0.15, 0.2) is 11.6 Å². The Hall–Kier alpha value is -3.28. The molecule has 2 aliphatic rings. The first-order valence-electron chi connectivity index (χ1n) is 10.7. The number of ketones is 2. The number of carbonyl (C=O) groups excluding carboxylic acids is 2. The minimum atomic E-state index is -0.112. The molecule has 1 aromatic carbocycles. The molecule has 0 radical (unpaired) electrons. The number of aliphatic imine (C=N–C) groups is 1. The first-order chi connectivity index (χ1) is 15.1. The smallest absolute Gasteiger partial charge is 0.168 e. The van der Waals surface area contributed by atoms with Crippen molar-refractivity contribution in [1.29, 1.82) is 0 Å². The van der Waals surface area contributed by atoms with Crippen LogP contribution in [0.5, 0.6) is 0 Å². The molecule has 4 rings (SSSR count). The topological polar surface area (TPSA) is 92.8 Å².